The highest BCUT2D eigenvalue weighted by Crippen LogP contribution is 2.57. The van der Waals surface area contributed by atoms with Crippen LogP contribution in [0, 0.1) is 0 Å². The van der Waals surface area contributed by atoms with E-state index >= 15 is 0 Å². The van der Waals surface area contributed by atoms with Crippen molar-refractivity contribution in [3.8, 4) is 28.7 Å². The minimum absolute atomic E-state index is 0.0280. The lowest BCUT2D eigenvalue weighted by atomic mass is 9.86. The van der Waals surface area contributed by atoms with Crippen LogP contribution in [0.5, 0.6) is 28.7 Å². The molecule has 0 aliphatic carbocycles. The fourth-order valence-electron chi connectivity index (χ4n) is 7.28. The molecule has 10 N–H and O–H groups in total. The van der Waals surface area contributed by atoms with E-state index in [4.69, 9.17) is 49.7 Å². The van der Waals surface area contributed by atoms with E-state index in [0.717, 1.165) is 32.9 Å². The first kappa shape index (κ1) is 36.6. The fraction of sp³-hybridized carbons (Fsp3) is 0.457. The van der Waals surface area contributed by atoms with Crippen molar-refractivity contribution in [1.82, 2.24) is 0 Å². The number of hydrogen-bond acceptors (Lipinski definition) is 16. The van der Waals surface area contributed by atoms with Crippen molar-refractivity contribution in [1.29, 1.82) is 0 Å². The Balaban J connectivity index is 1.21. The normalized spacial score (nSPS) is 28.4. The molecule has 18 nitrogen and oxygen atoms in total. The Hall–Kier alpha value is -4.79. The zero-order valence-corrected chi connectivity index (χ0v) is 28.5. The highest BCUT2D eigenvalue weighted by molar-refractivity contribution is 5.90. The quantitative estimate of drug-likeness (QED) is 0.0612. The van der Waals surface area contributed by atoms with Crippen LogP contribution in [0.25, 0.3) is 0 Å². The van der Waals surface area contributed by atoms with Gasteiger partial charge < -0.3 is 70.2 Å². The largest absolute Gasteiger partial charge is 0.493 e. The molecule has 0 saturated carbocycles. The number of nitrogens with zero attached hydrogens (tertiary/aromatic N) is 1. The number of aliphatic hydroxyl groups excluding tert-OH is 4. The lowest BCUT2D eigenvalue weighted by molar-refractivity contribution is -0.851. The molecule has 0 spiro atoms. The van der Waals surface area contributed by atoms with Crippen molar-refractivity contribution in [2.24, 2.45) is 16.5 Å². The number of nitrogens with one attached hydrogen (secondary N) is 1. The molecule has 0 radical (unpaired) electrons. The predicted octanol–water partition coefficient (Wildman–Crippen LogP) is -2.26. The van der Waals surface area contributed by atoms with Gasteiger partial charge in [-0.05, 0) is 18.2 Å². The van der Waals surface area contributed by atoms with Crippen molar-refractivity contribution in [3.05, 3.63) is 64.5 Å². The lowest BCUT2D eigenvalue weighted by Gasteiger charge is -2.43. The Kier molecular flexibility index (Phi) is 10.3. The third kappa shape index (κ3) is 7.02. The van der Waals surface area contributed by atoms with Gasteiger partial charge in [-0.2, -0.15) is 0 Å². The number of nitrogens with two attached hydrogens (primary N) is 2. The zero-order valence-electron chi connectivity index (χ0n) is 28.5. The molecular formula is C35H41N4O14+. The number of ether oxygens (including phenoxy) is 7. The summed E-state index contributed by atoms with van der Waals surface area (Å²) in [6, 6.07) is 7.00. The Morgan fingerprint density at radius 1 is 1.13 bits per heavy atom. The number of carboxylic acid groups (broad SMARTS) is 1. The molecule has 284 valence electrons. The van der Waals surface area contributed by atoms with Gasteiger partial charge in [0, 0.05) is 34.5 Å². The third-order valence-electron chi connectivity index (χ3n) is 9.70. The van der Waals surface area contributed by atoms with Gasteiger partial charge in [0.05, 0.1) is 32.4 Å². The summed E-state index contributed by atoms with van der Waals surface area (Å²) in [6.45, 7) is 1.13. The van der Waals surface area contributed by atoms with Gasteiger partial charge in [0.25, 0.3) is 0 Å². The number of aliphatic hydroxyl groups is 4. The van der Waals surface area contributed by atoms with Crippen LogP contribution in [0.4, 0.5) is 0 Å². The number of aliphatic carboxylic acids is 1. The Labute approximate surface area is 302 Å². The highest BCUT2D eigenvalue weighted by atomic mass is 16.7. The molecule has 1 unspecified atom stereocenters. The van der Waals surface area contributed by atoms with Crippen LogP contribution in [0.15, 0.2) is 52.8 Å². The van der Waals surface area contributed by atoms with Gasteiger partial charge in [-0.3, -0.25) is 19.5 Å². The molecule has 2 aromatic rings. The second kappa shape index (κ2) is 14.9. The van der Waals surface area contributed by atoms with Gasteiger partial charge in [-0.1, -0.05) is 6.07 Å². The number of carbonyl (C=O) groups is 2. The van der Waals surface area contributed by atoms with Crippen LogP contribution in [-0.2, 0) is 25.6 Å². The van der Waals surface area contributed by atoms with E-state index < -0.39 is 67.4 Å². The van der Waals surface area contributed by atoms with Crippen molar-refractivity contribution < 1.29 is 73.2 Å². The number of quaternary nitrogens is 1. The van der Waals surface area contributed by atoms with E-state index in [9.17, 15) is 30.0 Å². The summed E-state index contributed by atoms with van der Waals surface area (Å²) < 4.78 is 41.5. The smallest absolute Gasteiger partial charge is 0.317 e. The van der Waals surface area contributed by atoms with Gasteiger partial charge in [0.2, 0.25) is 12.0 Å². The molecule has 2 aromatic carbocycles. The van der Waals surface area contributed by atoms with Crippen molar-refractivity contribution in [2.75, 3.05) is 33.5 Å². The molecule has 0 amide bonds. The van der Waals surface area contributed by atoms with E-state index in [-0.39, 0.29) is 31.5 Å². The summed E-state index contributed by atoms with van der Waals surface area (Å²) in [6.07, 6.45) is -7.69. The molecular weight excluding hydrogens is 700 g/mol. The summed E-state index contributed by atoms with van der Waals surface area (Å²) >= 11 is 0. The number of fused-ring (bicyclic) bond motifs is 6. The Morgan fingerprint density at radius 2 is 1.94 bits per heavy atom. The lowest BCUT2D eigenvalue weighted by Crippen LogP contribution is -3.04. The number of allylic oxidation sites excluding steroid dienone is 1. The van der Waals surface area contributed by atoms with E-state index in [0.29, 0.717) is 36.1 Å². The summed E-state index contributed by atoms with van der Waals surface area (Å²) in [7, 11) is 1.52. The first-order valence-corrected chi connectivity index (χ1v) is 17.0. The average Bonchev–Trinajstić information content (AvgIpc) is 3.83. The van der Waals surface area contributed by atoms with Crippen LogP contribution in [0.2, 0.25) is 0 Å². The van der Waals surface area contributed by atoms with Crippen molar-refractivity contribution in [3.63, 3.8) is 0 Å². The minimum atomic E-state index is -1.87. The van der Waals surface area contributed by atoms with E-state index in [2.05, 4.69) is 4.99 Å². The number of rotatable bonds is 13. The topological polar surface area (TPSA) is 269 Å². The molecule has 53 heavy (non-hydrogen) atoms. The van der Waals surface area contributed by atoms with Gasteiger partial charge in [-0.25, -0.2) is 0 Å². The number of esters is 1. The van der Waals surface area contributed by atoms with E-state index in [1.54, 1.807) is 24.4 Å². The summed E-state index contributed by atoms with van der Waals surface area (Å²) in [5.74, 6) is -1.04. The molecule has 5 aliphatic rings. The number of methoxy groups -OCH3 is 1. The zero-order chi connectivity index (χ0) is 37.6. The van der Waals surface area contributed by atoms with Gasteiger partial charge in [0.1, 0.15) is 80.0 Å². The molecule has 5 heterocycles. The maximum absolute atomic E-state index is 12.2. The number of hydrogen-bond donors (Lipinski definition) is 8. The Morgan fingerprint density at radius 3 is 2.66 bits per heavy atom. The average molecular weight is 742 g/mol. The summed E-state index contributed by atoms with van der Waals surface area (Å²) in [5.41, 5.74) is 16.0. The maximum Gasteiger partial charge on any atom is 0.317 e. The number of aliphatic imine (C=N–C) groups is 1. The molecule has 5 aliphatic heterocycles. The number of carbonyl (C=O) groups excluding carboxylic acids is 1. The third-order valence-corrected chi connectivity index (χ3v) is 9.70. The van der Waals surface area contributed by atoms with Crippen molar-refractivity contribution in [2.45, 2.75) is 68.0 Å². The van der Waals surface area contributed by atoms with Gasteiger partial charge >= 0.3 is 11.9 Å². The highest BCUT2D eigenvalue weighted by Gasteiger charge is 2.51. The van der Waals surface area contributed by atoms with Crippen LogP contribution in [-0.4, -0.2) is 120 Å². The molecule has 18 heteroatoms. The summed E-state index contributed by atoms with van der Waals surface area (Å²) in [5, 5.41) is 51.0. The van der Waals surface area contributed by atoms with Gasteiger partial charge in [0.15, 0.2) is 17.6 Å². The molecule has 7 rings (SSSR count). The molecule has 9 atom stereocenters. The second-order valence-electron chi connectivity index (χ2n) is 13.2. The van der Waals surface area contributed by atoms with Crippen LogP contribution >= 0.6 is 0 Å². The first-order valence-electron chi connectivity index (χ1n) is 17.0. The molecule has 0 aromatic heterocycles. The van der Waals surface area contributed by atoms with E-state index in [1.807, 2.05) is 18.3 Å². The second-order valence-corrected chi connectivity index (χ2v) is 13.2. The van der Waals surface area contributed by atoms with E-state index in [1.165, 1.54) is 7.11 Å². The SMILES string of the molecule is COc1ccc2c(c1OCCO)O[C@H]1c3c(C[NH+]4C=C5N=CC=C5C4)cc(O[C@@H]4O[C@H]([C@H](OC(=O)CC(=O)O)C(N)N)[C@@H](O)[C@H](O)[C@H]4O)cc3OC[C@@H]21. The number of benzene rings is 2. The number of carboxylic acids is 1. The van der Waals surface area contributed by atoms with Crippen LogP contribution in [0.3, 0.4) is 0 Å². The van der Waals surface area contributed by atoms with Gasteiger partial charge in [-0.15, -0.1) is 0 Å². The van der Waals surface area contributed by atoms with Crippen molar-refractivity contribution >= 4 is 18.2 Å². The standard InChI is InChI=1S/C35H40N4O14/c1-47-21-3-2-18-19-14-49-22-9-17(50-35-28(46)26(44)27(45)32(53-35)33(34(36)37)51-24(43)10-23(41)42)8-16(12-39-11-15-4-5-38-20(15)13-39)25(22)29(19)52-30(18)31(21)48-7-6-40/h2-5,8-9,13,19,26-29,32-35,40,44-46H,6-7,10-12,14,36-37H2,1H3,(H,41,42)/p+1/t19-,26-,27-,28+,29+,32-,33-,35+/m0/s1. The maximum atomic E-state index is 12.2. The monoisotopic (exact) mass is 741 g/mol. The molecule has 1 saturated heterocycles. The minimum Gasteiger partial charge on any atom is -0.493 e. The van der Waals surface area contributed by atoms with Crippen LogP contribution < -0.4 is 40.1 Å². The first-order chi connectivity index (χ1) is 25.5. The molecule has 0 bridgehead atoms. The Bertz CT molecular complexity index is 1850. The molecule has 1 fully saturated rings. The fourth-order valence-corrected chi connectivity index (χ4v) is 7.28. The van der Waals surface area contributed by atoms with Crippen LogP contribution in [0.1, 0.15) is 35.1 Å². The predicted molar refractivity (Wildman–Crippen MR) is 179 cm³/mol. The summed E-state index contributed by atoms with van der Waals surface area (Å²) in [4.78, 5) is 28.7.